The van der Waals surface area contributed by atoms with Gasteiger partial charge in [-0.1, -0.05) is 37.9 Å². The predicted molar refractivity (Wildman–Crippen MR) is 82.6 cm³/mol. The van der Waals surface area contributed by atoms with Crippen molar-refractivity contribution in [1.29, 1.82) is 0 Å². The van der Waals surface area contributed by atoms with E-state index in [1.165, 1.54) is 12.1 Å². The van der Waals surface area contributed by atoms with Gasteiger partial charge in [-0.15, -0.1) is 0 Å². The summed E-state index contributed by atoms with van der Waals surface area (Å²) in [6, 6.07) is 10.6. The van der Waals surface area contributed by atoms with Crippen LogP contribution in [0.15, 0.2) is 40.9 Å². The van der Waals surface area contributed by atoms with E-state index in [9.17, 15) is 4.39 Å². The lowest BCUT2D eigenvalue weighted by Gasteiger charge is -2.16. The summed E-state index contributed by atoms with van der Waals surface area (Å²) in [6.07, 6.45) is 0. The van der Waals surface area contributed by atoms with Crippen LogP contribution in [0.25, 0.3) is 0 Å². The Bertz CT molecular complexity index is 599. The molecule has 0 amide bonds. The summed E-state index contributed by atoms with van der Waals surface area (Å²) in [7, 11) is 1.64. The van der Waals surface area contributed by atoms with Gasteiger partial charge < -0.3 is 4.74 Å². The number of hydrogen-bond donors (Lipinski definition) is 0. The van der Waals surface area contributed by atoms with Gasteiger partial charge in [0.15, 0.2) is 0 Å². The predicted octanol–water partition coefficient (Wildman–Crippen LogP) is 5.39. The zero-order valence-corrected chi connectivity index (χ0v) is 13.8. The van der Waals surface area contributed by atoms with E-state index in [1.54, 1.807) is 13.2 Å². The Kier molecular flexibility index (Phi) is 4.63. The van der Waals surface area contributed by atoms with Gasteiger partial charge in [-0.3, -0.25) is 0 Å². The van der Waals surface area contributed by atoms with Gasteiger partial charge in [0.1, 0.15) is 11.6 Å². The first kappa shape index (κ1) is 14.5. The minimum Gasteiger partial charge on any atom is -0.497 e. The molecule has 0 heterocycles. The highest BCUT2D eigenvalue weighted by atomic mass is 79.9. The standard InChI is InChI=1S/C15H13Br2FO/c1-9-7-11(19-2)4-5-12(9)15(17)13-8-10(18)3-6-14(13)16/h3-8,15H,1-2H3. The van der Waals surface area contributed by atoms with E-state index in [2.05, 4.69) is 31.9 Å². The Balaban J connectivity index is 2.43. The van der Waals surface area contributed by atoms with Crippen molar-refractivity contribution in [3.8, 4) is 5.75 Å². The summed E-state index contributed by atoms with van der Waals surface area (Å²) >= 11 is 7.10. The van der Waals surface area contributed by atoms with Crippen molar-refractivity contribution in [2.75, 3.05) is 7.11 Å². The maximum absolute atomic E-state index is 13.4. The molecule has 2 aromatic rings. The third-order valence-electron chi connectivity index (χ3n) is 2.98. The van der Waals surface area contributed by atoms with Crippen molar-refractivity contribution in [2.45, 2.75) is 11.8 Å². The largest absolute Gasteiger partial charge is 0.497 e. The molecule has 0 bridgehead atoms. The SMILES string of the molecule is COc1ccc(C(Br)c2cc(F)ccc2Br)c(C)c1. The lowest BCUT2D eigenvalue weighted by molar-refractivity contribution is 0.414. The minimum atomic E-state index is -0.242. The van der Waals surface area contributed by atoms with Crippen LogP contribution in [-0.4, -0.2) is 7.11 Å². The Morgan fingerprint density at radius 2 is 1.84 bits per heavy atom. The van der Waals surface area contributed by atoms with Gasteiger partial charge in [0.05, 0.1) is 11.9 Å². The van der Waals surface area contributed by atoms with Crippen molar-refractivity contribution in [3.63, 3.8) is 0 Å². The zero-order valence-electron chi connectivity index (χ0n) is 10.6. The highest BCUT2D eigenvalue weighted by Gasteiger charge is 2.16. The van der Waals surface area contributed by atoms with Crippen molar-refractivity contribution >= 4 is 31.9 Å². The summed E-state index contributed by atoms with van der Waals surface area (Å²) in [4.78, 5) is -0.0662. The third kappa shape index (κ3) is 3.18. The van der Waals surface area contributed by atoms with Crippen LogP contribution in [0.3, 0.4) is 0 Å². The molecule has 0 aliphatic carbocycles. The summed E-state index contributed by atoms with van der Waals surface area (Å²) in [5.74, 6) is 0.577. The number of alkyl halides is 1. The molecule has 19 heavy (non-hydrogen) atoms. The van der Waals surface area contributed by atoms with E-state index in [0.717, 1.165) is 26.9 Å². The molecule has 0 saturated carbocycles. The molecule has 0 fully saturated rings. The van der Waals surface area contributed by atoms with Gasteiger partial charge in [-0.25, -0.2) is 4.39 Å². The summed E-state index contributed by atoms with van der Waals surface area (Å²) in [6.45, 7) is 2.01. The van der Waals surface area contributed by atoms with Crippen LogP contribution in [0.2, 0.25) is 0 Å². The van der Waals surface area contributed by atoms with Crippen LogP contribution in [-0.2, 0) is 0 Å². The fraction of sp³-hybridized carbons (Fsp3) is 0.200. The third-order valence-corrected chi connectivity index (χ3v) is 4.69. The molecule has 0 spiro atoms. The smallest absolute Gasteiger partial charge is 0.123 e. The van der Waals surface area contributed by atoms with E-state index in [4.69, 9.17) is 4.74 Å². The van der Waals surface area contributed by atoms with E-state index in [-0.39, 0.29) is 10.6 Å². The van der Waals surface area contributed by atoms with Gasteiger partial charge in [0.25, 0.3) is 0 Å². The second-order valence-electron chi connectivity index (χ2n) is 4.25. The quantitative estimate of drug-likeness (QED) is 0.641. The fourth-order valence-electron chi connectivity index (χ4n) is 1.94. The first-order valence-electron chi connectivity index (χ1n) is 5.76. The van der Waals surface area contributed by atoms with Crippen LogP contribution in [0.5, 0.6) is 5.75 Å². The summed E-state index contributed by atoms with van der Waals surface area (Å²) in [5.41, 5.74) is 3.05. The van der Waals surface area contributed by atoms with Crippen molar-refractivity contribution in [3.05, 3.63) is 63.4 Å². The number of methoxy groups -OCH3 is 1. The number of aryl methyl sites for hydroxylation is 1. The van der Waals surface area contributed by atoms with Crippen LogP contribution in [0, 0.1) is 12.7 Å². The zero-order chi connectivity index (χ0) is 14.0. The van der Waals surface area contributed by atoms with Gasteiger partial charge in [-0.2, -0.15) is 0 Å². The molecular formula is C15H13Br2FO. The number of halogens is 3. The Hall–Kier alpha value is -0.870. The molecule has 0 aromatic heterocycles. The lowest BCUT2D eigenvalue weighted by Crippen LogP contribution is -1.98. The minimum absolute atomic E-state index is 0.0662. The van der Waals surface area contributed by atoms with E-state index in [0.29, 0.717) is 0 Å². The van der Waals surface area contributed by atoms with Gasteiger partial charge in [0.2, 0.25) is 0 Å². The molecule has 1 nitrogen and oxygen atoms in total. The van der Waals surface area contributed by atoms with E-state index in [1.807, 2.05) is 25.1 Å². The molecule has 0 aliphatic rings. The number of ether oxygens (including phenoxy) is 1. The maximum Gasteiger partial charge on any atom is 0.123 e. The molecule has 0 aliphatic heterocycles. The molecule has 2 rings (SSSR count). The molecule has 2 aromatic carbocycles. The van der Waals surface area contributed by atoms with Crippen molar-refractivity contribution < 1.29 is 9.13 Å². The van der Waals surface area contributed by atoms with Crippen LogP contribution >= 0.6 is 31.9 Å². The van der Waals surface area contributed by atoms with E-state index < -0.39 is 0 Å². The second kappa shape index (κ2) is 6.06. The average Bonchev–Trinajstić information content (AvgIpc) is 2.40. The molecule has 0 radical (unpaired) electrons. The highest BCUT2D eigenvalue weighted by Crippen LogP contribution is 2.38. The lowest BCUT2D eigenvalue weighted by atomic mass is 10.00. The first-order valence-corrected chi connectivity index (χ1v) is 7.47. The van der Waals surface area contributed by atoms with Crippen LogP contribution in [0.4, 0.5) is 4.39 Å². The molecule has 0 saturated heterocycles. The highest BCUT2D eigenvalue weighted by molar-refractivity contribution is 9.11. The van der Waals surface area contributed by atoms with Gasteiger partial charge >= 0.3 is 0 Å². The molecule has 1 unspecified atom stereocenters. The van der Waals surface area contributed by atoms with Crippen molar-refractivity contribution in [2.24, 2.45) is 0 Å². The fourth-order valence-corrected chi connectivity index (χ4v) is 3.61. The molecule has 100 valence electrons. The Morgan fingerprint density at radius 3 is 2.47 bits per heavy atom. The van der Waals surface area contributed by atoms with Crippen molar-refractivity contribution in [1.82, 2.24) is 0 Å². The maximum atomic E-state index is 13.4. The van der Waals surface area contributed by atoms with Gasteiger partial charge in [0, 0.05) is 4.47 Å². The Labute approximate surface area is 129 Å². The normalized spacial score (nSPS) is 12.3. The topological polar surface area (TPSA) is 9.23 Å². The molecule has 1 atom stereocenters. The van der Waals surface area contributed by atoms with E-state index >= 15 is 0 Å². The first-order chi connectivity index (χ1) is 9.02. The molecule has 4 heteroatoms. The number of benzene rings is 2. The monoisotopic (exact) mass is 386 g/mol. The summed E-state index contributed by atoms with van der Waals surface area (Å²) < 4.78 is 19.5. The summed E-state index contributed by atoms with van der Waals surface area (Å²) in [5, 5.41) is 0. The van der Waals surface area contributed by atoms with Crippen LogP contribution < -0.4 is 4.74 Å². The second-order valence-corrected chi connectivity index (χ2v) is 6.02. The Morgan fingerprint density at radius 1 is 1.11 bits per heavy atom. The number of hydrogen-bond acceptors (Lipinski definition) is 1. The van der Waals surface area contributed by atoms with Gasteiger partial charge in [-0.05, 0) is 53.9 Å². The average molecular weight is 388 g/mol. The molecular weight excluding hydrogens is 375 g/mol. The van der Waals surface area contributed by atoms with Crippen LogP contribution in [0.1, 0.15) is 21.5 Å². The molecule has 0 N–H and O–H groups in total. The number of rotatable bonds is 3.